The topological polar surface area (TPSA) is 19.7 Å². The standard InChI is InChI=1S/C40H24F4N4Si/c41-29-9-1-5-25(21-29)33-13-17-37-38-18-14-34(26-6-2-10-30(42)22-26)46(38)49(45(33)37)47-35(27-7-3-11-31(43)23-27)15-19-39(47)40-20-16-36(48(40)49)28-8-4-12-32(44)24-28/h1-24H. The van der Waals surface area contributed by atoms with Crippen LogP contribution in [0.25, 0.3) is 67.8 Å². The predicted octanol–water partition coefficient (Wildman–Crippen LogP) is 10.0. The van der Waals surface area contributed by atoms with E-state index in [1.807, 2.05) is 72.8 Å². The maximum Gasteiger partial charge on any atom is 0.522 e. The zero-order valence-corrected chi connectivity index (χ0v) is 26.7. The number of fused-ring (bicyclic) bond motifs is 10. The third-order valence-electron chi connectivity index (χ3n) is 9.73. The Kier molecular flexibility index (Phi) is 5.70. The van der Waals surface area contributed by atoms with Crippen LogP contribution in [0.1, 0.15) is 0 Å². The Bertz CT molecular complexity index is 2280. The van der Waals surface area contributed by atoms with Gasteiger partial charge in [0.05, 0.1) is 22.8 Å². The summed E-state index contributed by atoms with van der Waals surface area (Å²) in [4.78, 5) is 0. The lowest BCUT2D eigenvalue weighted by molar-refractivity contribution is 0.628. The Morgan fingerprint density at radius 3 is 0.735 bits per heavy atom. The second-order valence-corrected chi connectivity index (χ2v) is 15.4. The van der Waals surface area contributed by atoms with Crippen molar-refractivity contribution < 1.29 is 17.6 Å². The molecule has 0 amide bonds. The van der Waals surface area contributed by atoms with Crippen LogP contribution in [0, 0.1) is 23.3 Å². The maximum absolute atomic E-state index is 14.9. The number of nitrogens with zero attached hydrogens (tertiary/aromatic N) is 4. The minimum Gasteiger partial charge on any atom is -0.313 e. The van der Waals surface area contributed by atoms with Crippen LogP contribution >= 0.6 is 0 Å². The van der Waals surface area contributed by atoms with Crippen LogP contribution in [0.2, 0.25) is 0 Å². The maximum atomic E-state index is 14.9. The fourth-order valence-electron chi connectivity index (χ4n) is 7.93. The van der Waals surface area contributed by atoms with Gasteiger partial charge in [0.2, 0.25) is 0 Å². The largest absolute Gasteiger partial charge is 0.522 e. The summed E-state index contributed by atoms with van der Waals surface area (Å²) in [5.41, 5.74) is 9.45. The number of halogens is 4. The molecule has 4 aromatic heterocycles. The highest BCUT2D eigenvalue weighted by Crippen LogP contribution is 2.52. The van der Waals surface area contributed by atoms with Crippen LogP contribution in [0.4, 0.5) is 17.6 Å². The SMILES string of the molecule is Fc1cccc(-c2ccc3n2[Si]2(n4c(-c5cccc(F)c5)ccc4-3)n3c(-c4cccc(F)c4)ccc3-c3ccc(-c4cccc(F)c4)n32)c1. The van der Waals surface area contributed by atoms with Crippen LogP contribution < -0.4 is 0 Å². The molecular weight excluding hydrogens is 641 g/mol. The highest BCUT2D eigenvalue weighted by Gasteiger charge is 2.61. The molecule has 0 aliphatic carbocycles. The van der Waals surface area contributed by atoms with E-state index in [4.69, 9.17) is 0 Å². The third-order valence-corrected chi connectivity index (χ3v) is 14.1. The van der Waals surface area contributed by atoms with Crippen molar-refractivity contribution in [3.63, 3.8) is 0 Å². The van der Waals surface area contributed by atoms with Crippen molar-refractivity contribution in [2.45, 2.75) is 0 Å². The molecule has 0 saturated carbocycles. The molecule has 2 aliphatic rings. The van der Waals surface area contributed by atoms with Gasteiger partial charge in [-0.15, -0.1) is 0 Å². The second kappa shape index (κ2) is 9.98. The molecule has 0 atom stereocenters. The van der Waals surface area contributed by atoms with Crippen molar-refractivity contribution >= 4 is 8.72 Å². The molecule has 2 aliphatic heterocycles. The number of hydrogen-bond donors (Lipinski definition) is 0. The lowest BCUT2D eigenvalue weighted by Gasteiger charge is -2.35. The van der Waals surface area contributed by atoms with Gasteiger partial charge in [-0.3, -0.25) is 0 Å². The Balaban J connectivity index is 1.41. The van der Waals surface area contributed by atoms with E-state index < -0.39 is 8.72 Å². The quantitative estimate of drug-likeness (QED) is 0.132. The van der Waals surface area contributed by atoms with Crippen molar-refractivity contribution in [2.24, 2.45) is 0 Å². The van der Waals surface area contributed by atoms with Crippen molar-refractivity contribution in [1.82, 2.24) is 16.9 Å². The molecule has 9 heteroatoms. The number of aromatic nitrogens is 4. The number of hydrogen-bond acceptors (Lipinski definition) is 0. The molecule has 49 heavy (non-hydrogen) atoms. The molecule has 0 fully saturated rings. The molecule has 4 nitrogen and oxygen atoms in total. The van der Waals surface area contributed by atoms with Gasteiger partial charge in [-0.05, 0) is 97.1 Å². The minimum atomic E-state index is -3.74. The van der Waals surface area contributed by atoms with Gasteiger partial charge in [0.25, 0.3) is 0 Å². The first-order chi connectivity index (χ1) is 23.9. The van der Waals surface area contributed by atoms with Gasteiger partial charge in [0.15, 0.2) is 0 Å². The van der Waals surface area contributed by atoms with Crippen molar-refractivity contribution in [3.05, 3.63) is 169 Å². The fourth-order valence-corrected chi connectivity index (χ4v) is 13.3. The smallest absolute Gasteiger partial charge is 0.313 e. The molecule has 0 unspecified atom stereocenters. The molecular formula is C40H24F4N4Si. The average molecular weight is 665 g/mol. The lowest BCUT2D eigenvalue weighted by Crippen LogP contribution is -2.60. The van der Waals surface area contributed by atoms with Gasteiger partial charge < -0.3 is 16.9 Å². The molecule has 0 bridgehead atoms. The Hall–Kier alpha value is -6.06. The van der Waals surface area contributed by atoms with Crippen LogP contribution in [0.5, 0.6) is 0 Å². The van der Waals surface area contributed by atoms with Gasteiger partial charge in [0, 0.05) is 45.0 Å². The van der Waals surface area contributed by atoms with Crippen LogP contribution in [0.15, 0.2) is 146 Å². The molecule has 8 aromatic rings. The molecule has 0 radical (unpaired) electrons. The van der Waals surface area contributed by atoms with Gasteiger partial charge >= 0.3 is 8.72 Å². The first kappa shape index (κ1) is 28.0. The Morgan fingerprint density at radius 1 is 0.286 bits per heavy atom. The zero-order valence-electron chi connectivity index (χ0n) is 25.7. The molecule has 6 heterocycles. The van der Waals surface area contributed by atoms with Crippen LogP contribution in [0.3, 0.4) is 0 Å². The number of benzene rings is 4. The monoisotopic (exact) mass is 664 g/mol. The second-order valence-electron chi connectivity index (χ2n) is 12.4. The first-order valence-electron chi connectivity index (χ1n) is 15.9. The van der Waals surface area contributed by atoms with Gasteiger partial charge in [0.1, 0.15) is 23.3 Å². The van der Waals surface area contributed by atoms with Gasteiger partial charge in [-0.2, -0.15) is 0 Å². The Labute approximate surface area is 279 Å². The summed E-state index contributed by atoms with van der Waals surface area (Å²) in [6.45, 7) is 0. The van der Waals surface area contributed by atoms with E-state index in [1.165, 1.54) is 48.5 Å². The minimum absolute atomic E-state index is 0.363. The van der Waals surface area contributed by atoms with E-state index in [0.29, 0.717) is 22.3 Å². The number of rotatable bonds is 4. The summed E-state index contributed by atoms with van der Waals surface area (Å²) in [6, 6.07) is 42.3. The predicted molar refractivity (Wildman–Crippen MR) is 185 cm³/mol. The summed E-state index contributed by atoms with van der Waals surface area (Å²) in [7, 11) is -3.74. The van der Waals surface area contributed by atoms with Crippen LogP contribution in [-0.2, 0) is 0 Å². The fraction of sp³-hybridized carbons (Fsp3) is 0. The van der Waals surface area contributed by atoms with E-state index in [0.717, 1.165) is 45.6 Å². The van der Waals surface area contributed by atoms with E-state index in [9.17, 15) is 17.6 Å². The highest BCUT2D eigenvalue weighted by atomic mass is 28.4. The van der Waals surface area contributed by atoms with Crippen molar-refractivity contribution in [3.8, 4) is 67.8 Å². The van der Waals surface area contributed by atoms with Crippen molar-refractivity contribution in [2.75, 3.05) is 0 Å². The van der Waals surface area contributed by atoms with E-state index in [2.05, 4.69) is 16.9 Å². The summed E-state index contributed by atoms with van der Waals surface area (Å²) in [5, 5.41) is 0. The van der Waals surface area contributed by atoms with E-state index >= 15 is 0 Å². The first-order valence-corrected chi connectivity index (χ1v) is 17.7. The summed E-state index contributed by atoms with van der Waals surface area (Å²) in [6.07, 6.45) is 0. The lowest BCUT2D eigenvalue weighted by atomic mass is 10.1. The molecule has 0 N–H and O–H groups in total. The highest BCUT2D eigenvalue weighted by molar-refractivity contribution is 6.79. The molecule has 10 rings (SSSR count). The molecule has 236 valence electrons. The molecule has 0 saturated heterocycles. The van der Waals surface area contributed by atoms with Crippen molar-refractivity contribution in [1.29, 1.82) is 0 Å². The zero-order chi connectivity index (χ0) is 33.0. The summed E-state index contributed by atoms with van der Waals surface area (Å²) < 4.78 is 68.8. The summed E-state index contributed by atoms with van der Waals surface area (Å²) >= 11 is 0. The van der Waals surface area contributed by atoms with E-state index in [1.54, 1.807) is 24.3 Å². The summed E-state index contributed by atoms with van der Waals surface area (Å²) in [5.74, 6) is -1.45. The molecule has 1 spiro atoms. The Morgan fingerprint density at radius 2 is 0.510 bits per heavy atom. The van der Waals surface area contributed by atoms with Gasteiger partial charge in [-0.25, -0.2) is 17.6 Å². The third kappa shape index (κ3) is 3.73. The average Bonchev–Trinajstić information content (AvgIpc) is 3.92. The van der Waals surface area contributed by atoms with E-state index in [-0.39, 0.29) is 23.3 Å². The van der Waals surface area contributed by atoms with Crippen LogP contribution in [-0.4, -0.2) is 25.7 Å². The van der Waals surface area contributed by atoms with Gasteiger partial charge in [-0.1, -0.05) is 48.5 Å². The molecule has 4 aromatic carbocycles. The normalized spacial score (nSPS) is 13.5.